The molecular formula is C16H24N2OS. The number of benzene rings is 1. The zero-order valence-corrected chi connectivity index (χ0v) is 13.4. The largest absolute Gasteiger partial charge is 0.492 e. The molecule has 0 aliphatic carbocycles. The third-order valence-electron chi connectivity index (χ3n) is 3.37. The van der Waals surface area contributed by atoms with Crippen LogP contribution in [0.2, 0.25) is 0 Å². The Bertz CT molecular complexity index is 413. The average Bonchev–Trinajstić information content (AvgIpc) is 2.46. The highest BCUT2D eigenvalue weighted by molar-refractivity contribution is 7.98. The fraction of sp³-hybridized carbons (Fsp3) is 0.562. The topological polar surface area (TPSA) is 36.3 Å². The minimum atomic E-state index is 0.454. The summed E-state index contributed by atoms with van der Waals surface area (Å²) in [5.74, 6) is 2.04. The van der Waals surface area contributed by atoms with Gasteiger partial charge in [0.1, 0.15) is 12.4 Å². The Hall–Kier alpha value is -1.18. The van der Waals surface area contributed by atoms with Crippen molar-refractivity contribution in [3.8, 4) is 11.8 Å². The third-order valence-corrected chi connectivity index (χ3v) is 4.09. The van der Waals surface area contributed by atoms with Crippen LogP contribution in [0.25, 0.3) is 0 Å². The zero-order chi connectivity index (χ0) is 14.8. The Morgan fingerprint density at radius 3 is 2.60 bits per heavy atom. The number of rotatable bonds is 9. The second-order valence-corrected chi connectivity index (χ2v) is 5.74. The van der Waals surface area contributed by atoms with Gasteiger partial charge < -0.3 is 4.74 Å². The number of ether oxygens (including phenoxy) is 1. The van der Waals surface area contributed by atoms with E-state index >= 15 is 0 Å². The van der Waals surface area contributed by atoms with Crippen molar-refractivity contribution in [1.82, 2.24) is 4.90 Å². The van der Waals surface area contributed by atoms with Crippen LogP contribution in [0.3, 0.4) is 0 Å². The summed E-state index contributed by atoms with van der Waals surface area (Å²) in [4.78, 5) is 2.36. The van der Waals surface area contributed by atoms with E-state index in [0.29, 0.717) is 19.1 Å². The van der Waals surface area contributed by atoms with Crippen LogP contribution in [-0.2, 0) is 6.42 Å². The number of nitriles is 1. The number of hydrogen-bond donors (Lipinski definition) is 0. The van der Waals surface area contributed by atoms with Crippen LogP contribution in [0.4, 0.5) is 0 Å². The molecule has 4 heteroatoms. The smallest absolute Gasteiger partial charge is 0.119 e. The first-order chi connectivity index (χ1) is 9.71. The summed E-state index contributed by atoms with van der Waals surface area (Å²) >= 11 is 1.89. The van der Waals surface area contributed by atoms with E-state index in [1.165, 1.54) is 6.42 Å². The molecule has 0 aliphatic rings. The molecule has 0 bridgehead atoms. The van der Waals surface area contributed by atoms with Crippen LogP contribution in [0.5, 0.6) is 5.75 Å². The van der Waals surface area contributed by atoms with Gasteiger partial charge in [-0.25, -0.2) is 0 Å². The van der Waals surface area contributed by atoms with Crippen LogP contribution >= 0.6 is 11.8 Å². The van der Waals surface area contributed by atoms with Gasteiger partial charge in [-0.1, -0.05) is 19.1 Å². The lowest BCUT2D eigenvalue weighted by Crippen LogP contribution is -2.36. The first-order valence-electron chi connectivity index (χ1n) is 6.99. The Balaban J connectivity index is 2.34. The summed E-state index contributed by atoms with van der Waals surface area (Å²) < 4.78 is 5.75. The molecule has 0 amide bonds. The maximum Gasteiger partial charge on any atom is 0.119 e. The Morgan fingerprint density at radius 1 is 1.35 bits per heavy atom. The quantitative estimate of drug-likeness (QED) is 0.700. The summed E-state index contributed by atoms with van der Waals surface area (Å²) in [5, 5.41) is 8.62. The van der Waals surface area contributed by atoms with Crippen molar-refractivity contribution < 1.29 is 4.74 Å². The van der Waals surface area contributed by atoms with Gasteiger partial charge in [-0.15, -0.1) is 0 Å². The molecule has 0 saturated heterocycles. The second kappa shape index (κ2) is 9.68. The van der Waals surface area contributed by atoms with Crippen molar-refractivity contribution in [2.75, 3.05) is 32.2 Å². The van der Waals surface area contributed by atoms with Gasteiger partial charge in [0, 0.05) is 18.3 Å². The molecule has 0 radical (unpaired) electrons. The van der Waals surface area contributed by atoms with Crippen LogP contribution in [-0.4, -0.2) is 43.1 Å². The summed E-state index contributed by atoms with van der Waals surface area (Å²) in [6, 6.07) is 10.5. The van der Waals surface area contributed by atoms with Crippen molar-refractivity contribution in [3.63, 3.8) is 0 Å². The second-order valence-electron chi connectivity index (χ2n) is 4.83. The van der Waals surface area contributed by atoms with Crippen LogP contribution in [0, 0.1) is 11.3 Å². The van der Waals surface area contributed by atoms with E-state index in [4.69, 9.17) is 10.00 Å². The molecule has 0 aromatic heterocycles. The maximum absolute atomic E-state index is 8.62. The molecule has 1 atom stereocenters. The normalized spacial score (nSPS) is 12.2. The van der Waals surface area contributed by atoms with Gasteiger partial charge in [-0.05, 0) is 37.4 Å². The van der Waals surface area contributed by atoms with E-state index in [1.54, 1.807) is 0 Å². The van der Waals surface area contributed by atoms with Gasteiger partial charge in [-0.2, -0.15) is 17.0 Å². The van der Waals surface area contributed by atoms with E-state index in [2.05, 4.69) is 31.2 Å². The number of nitrogens with zero attached hydrogens (tertiary/aromatic N) is 2. The summed E-state index contributed by atoms with van der Waals surface area (Å²) in [6.07, 6.45) is 3.77. The molecule has 0 fully saturated rings. The fourth-order valence-corrected chi connectivity index (χ4v) is 2.91. The van der Waals surface area contributed by atoms with Crippen LogP contribution in [0.1, 0.15) is 18.9 Å². The standard InChI is InChI=1S/C16H24N2OS/c1-4-15(13-20-3)18(2)11-12-19-16-7-5-14(6-8-16)9-10-17/h5-8,15H,4,9,11-13H2,1-3H3. The third kappa shape index (κ3) is 5.85. The van der Waals surface area contributed by atoms with E-state index in [0.717, 1.165) is 23.6 Å². The zero-order valence-electron chi connectivity index (χ0n) is 12.6. The Labute approximate surface area is 126 Å². The number of likely N-dealkylation sites (N-methyl/N-ethyl adjacent to an activating group) is 1. The summed E-state index contributed by atoms with van der Waals surface area (Å²) in [6.45, 7) is 3.85. The van der Waals surface area contributed by atoms with E-state index in [-0.39, 0.29) is 0 Å². The molecule has 3 nitrogen and oxygen atoms in total. The van der Waals surface area contributed by atoms with Crippen molar-refractivity contribution >= 4 is 11.8 Å². The number of hydrogen-bond acceptors (Lipinski definition) is 4. The highest BCUT2D eigenvalue weighted by Gasteiger charge is 2.11. The molecule has 1 rings (SSSR count). The molecule has 1 aromatic rings. The molecule has 110 valence electrons. The average molecular weight is 292 g/mol. The van der Waals surface area contributed by atoms with Gasteiger partial charge >= 0.3 is 0 Å². The van der Waals surface area contributed by atoms with Crippen molar-refractivity contribution in [2.24, 2.45) is 0 Å². The number of thioether (sulfide) groups is 1. The SMILES string of the molecule is CCC(CSC)N(C)CCOc1ccc(CC#N)cc1. The molecule has 20 heavy (non-hydrogen) atoms. The maximum atomic E-state index is 8.62. The minimum absolute atomic E-state index is 0.454. The molecule has 0 heterocycles. The van der Waals surface area contributed by atoms with Gasteiger partial charge in [0.05, 0.1) is 12.5 Å². The van der Waals surface area contributed by atoms with Crippen molar-refractivity contribution in [2.45, 2.75) is 25.8 Å². The Kier molecular flexibility index (Phi) is 8.17. The van der Waals surface area contributed by atoms with Gasteiger partial charge in [0.2, 0.25) is 0 Å². The molecule has 0 saturated carbocycles. The lowest BCUT2D eigenvalue weighted by atomic mass is 10.2. The molecule has 0 aliphatic heterocycles. The molecular weight excluding hydrogens is 268 g/mol. The van der Waals surface area contributed by atoms with Crippen LogP contribution < -0.4 is 4.74 Å². The summed E-state index contributed by atoms with van der Waals surface area (Å²) in [7, 11) is 2.16. The lowest BCUT2D eigenvalue weighted by molar-refractivity contribution is 0.199. The molecule has 1 aromatic carbocycles. The predicted octanol–water partition coefficient (Wildman–Crippen LogP) is 3.20. The Morgan fingerprint density at radius 2 is 2.05 bits per heavy atom. The van der Waals surface area contributed by atoms with Crippen molar-refractivity contribution in [3.05, 3.63) is 29.8 Å². The highest BCUT2D eigenvalue weighted by atomic mass is 32.2. The van der Waals surface area contributed by atoms with Gasteiger partial charge in [-0.3, -0.25) is 4.90 Å². The molecule has 1 unspecified atom stereocenters. The van der Waals surface area contributed by atoms with Crippen molar-refractivity contribution in [1.29, 1.82) is 5.26 Å². The highest BCUT2D eigenvalue weighted by Crippen LogP contribution is 2.13. The lowest BCUT2D eigenvalue weighted by Gasteiger charge is -2.26. The summed E-state index contributed by atoms with van der Waals surface area (Å²) in [5.41, 5.74) is 1.03. The monoisotopic (exact) mass is 292 g/mol. The van der Waals surface area contributed by atoms with E-state index < -0.39 is 0 Å². The van der Waals surface area contributed by atoms with E-state index in [1.807, 2.05) is 36.0 Å². The molecule has 0 N–H and O–H groups in total. The predicted molar refractivity (Wildman–Crippen MR) is 86.3 cm³/mol. The first kappa shape index (κ1) is 16.9. The van der Waals surface area contributed by atoms with E-state index in [9.17, 15) is 0 Å². The first-order valence-corrected chi connectivity index (χ1v) is 8.38. The van der Waals surface area contributed by atoms with Crippen LogP contribution in [0.15, 0.2) is 24.3 Å². The fourth-order valence-electron chi connectivity index (χ4n) is 2.03. The minimum Gasteiger partial charge on any atom is -0.492 e. The van der Waals surface area contributed by atoms with Gasteiger partial charge in [0.15, 0.2) is 0 Å². The molecule has 0 spiro atoms. The van der Waals surface area contributed by atoms with Gasteiger partial charge in [0.25, 0.3) is 0 Å².